The Morgan fingerprint density at radius 1 is 1.21 bits per heavy atom. The third-order valence-corrected chi connectivity index (χ3v) is 4.19. The summed E-state index contributed by atoms with van der Waals surface area (Å²) >= 11 is 0. The molecule has 1 heterocycles. The van der Waals surface area contributed by atoms with Gasteiger partial charge >= 0.3 is 0 Å². The van der Waals surface area contributed by atoms with Crippen molar-refractivity contribution >= 4 is 0 Å². The van der Waals surface area contributed by atoms with Crippen molar-refractivity contribution in [3.05, 3.63) is 0 Å². The molecule has 1 saturated heterocycles. The van der Waals surface area contributed by atoms with Crippen LogP contribution in [0.2, 0.25) is 0 Å². The average molecular weight is 271 g/mol. The van der Waals surface area contributed by atoms with Crippen LogP contribution in [-0.2, 0) is 14.2 Å². The van der Waals surface area contributed by atoms with Crippen molar-refractivity contribution in [3.63, 3.8) is 0 Å². The summed E-state index contributed by atoms with van der Waals surface area (Å²) in [6.45, 7) is 8.63. The van der Waals surface area contributed by atoms with Gasteiger partial charge in [-0.2, -0.15) is 0 Å². The van der Waals surface area contributed by atoms with Crippen LogP contribution in [0, 0.1) is 5.92 Å². The highest BCUT2D eigenvalue weighted by molar-refractivity contribution is 4.85. The molecule has 4 heteroatoms. The van der Waals surface area contributed by atoms with E-state index >= 15 is 0 Å². The molecule has 19 heavy (non-hydrogen) atoms. The molecule has 0 bridgehead atoms. The SMILES string of the molecule is CC(C)COCCN(C)C1CCC2(CC1)OCCO2. The second-order valence-corrected chi connectivity index (χ2v) is 6.29. The molecule has 1 aliphatic heterocycles. The predicted octanol–water partition coefficient (Wildman–Crippen LogP) is 2.28. The molecule has 2 aliphatic rings. The maximum atomic E-state index is 5.77. The van der Waals surface area contributed by atoms with Gasteiger partial charge in [0.15, 0.2) is 5.79 Å². The fourth-order valence-electron chi connectivity index (χ4n) is 2.98. The molecule has 1 spiro atoms. The summed E-state index contributed by atoms with van der Waals surface area (Å²) in [4.78, 5) is 2.43. The summed E-state index contributed by atoms with van der Waals surface area (Å²) in [5, 5.41) is 0. The molecule has 1 saturated carbocycles. The quantitative estimate of drug-likeness (QED) is 0.694. The fourth-order valence-corrected chi connectivity index (χ4v) is 2.98. The Bertz CT molecular complexity index is 254. The van der Waals surface area contributed by atoms with Crippen LogP contribution < -0.4 is 0 Å². The topological polar surface area (TPSA) is 30.9 Å². The molecule has 0 unspecified atom stereocenters. The Morgan fingerprint density at radius 3 is 2.42 bits per heavy atom. The van der Waals surface area contributed by atoms with E-state index in [-0.39, 0.29) is 5.79 Å². The Labute approximate surface area is 117 Å². The van der Waals surface area contributed by atoms with Crippen LogP contribution in [0.5, 0.6) is 0 Å². The highest BCUT2D eigenvalue weighted by Gasteiger charge is 2.40. The van der Waals surface area contributed by atoms with E-state index in [1.54, 1.807) is 0 Å². The fraction of sp³-hybridized carbons (Fsp3) is 1.00. The highest BCUT2D eigenvalue weighted by atomic mass is 16.7. The molecule has 4 nitrogen and oxygen atoms in total. The van der Waals surface area contributed by atoms with Crippen molar-refractivity contribution in [2.24, 2.45) is 5.92 Å². The Morgan fingerprint density at radius 2 is 1.84 bits per heavy atom. The van der Waals surface area contributed by atoms with E-state index in [0.717, 1.165) is 45.8 Å². The predicted molar refractivity (Wildman–Crippen MR) is 75.2 cm³/mol. The molecule has 0 amide bonds. The molecular weight excluding hydrogens is 242 g/mol. The van der Waals surface area contributed by atoms with Crippen LogP contribution >= 0.6 is 0 Å². The van der Waals surface area contributed by atoms with Gasteiger partial charge in [0.25, 0.3) is 0 Å². The summed E-state index contributed by atoms with van der Waals surface area (Å²) in [5.74, 6) is 0.391. The van der Waals surface area contributed by atoms with Gasteiger partial charge in [0.05, 0.1) is 19.8 Å². The number of ether oxygens (including phenoxy) is 3. The molecule has 0 aromatic heterocycles. The average Bonchev–Trinajstić information content (AvgIpc) is 2.83. The summed E-state index contributed by atoms with van der Waals surface area (Å²) in [7, 11) is 2.21. The van der Waals surface area contributed by atoms with Gasteiger partial charge in [0.1, 0.15) is 0 Å². The van der Waals surface area contributed by atoms with Crippen molar-refractivity contribution in [1.82, 2.24) is 4.90 Å². The summed E-state index contributed by atoms with van der Waals surface area (Å²) in [6, 6.07) is 0.654. The normalized spacial score (nSPS) is 23.8. The van der Waals surface area contributed by atoms with Crippen molar-refractivity contribution in [2.75, 3.05) is 40.0 Å². The molecule has 112 valence electrons. The minimum atomic E-state index is -0.231. The number of likely N-dealkylation sites (N-methyl/N-ethyl adjacent to an activating group) is 1. The second kappa shape index (κ2) is 7.02. The molecule has 2 rings (SSSR count). The van der Waals surface area contributed by atoms with E-state index < -0.39 is 0 Å². The molecule has 0 aromatic carbocycles. The van der Waals surface area contributed by atoms with Crippen molar-refractivity contribution < 1.29 is 14.2 Å². The summed E-state index contributed by atoms with van der Waals surface area (Å²) < 4.78 is 17.2. The third kappa shape index (κ3) is 4.42. The highest BCUT2D eigenvalue weighted by Crippen LogP contribution is 2.36. The summed E-state index contributed by atoms with van der Waals surface area (Å²) in [5.41, 5.74) is 0. The van der Waals surface area contributed by atoms with E-state index in [0.29, 0.717) is 12.0 Å². The molecule has 0 N–H and O–H groups in total. The molecule has 0 aromatic rings. The molecule has 0 atom stereocenters. The first-order valence-electron chi connectivity index (χ1n) is 7.67. The first kappa shape index (κ1) is 15.2. The Hall–Kier alpha value is -0.160. The van der Waals surface area contributed by atoms with Gasteiger partial charge in [0.2, 0.25) is 0 Å². The van der Waals surface area contributed by atoms with Gasteiger partial charge in [-0.15, -0.1) is 0 Å². The lowest BCUT2D eigenvalue weighted by Crippen LogP contribution is -2.43. The van der Waals surface area contributed by atoms with Crippen molar-refractivity contribution in [3.8, 4) is 0 Å². The zero-order valence-corrected chi connectivity index (χ0v) is 12.7. The van der Waals surface area contributed by atoms with Crippen LogP contribution in [0.1, 0.15) is 39.5 Å². The molecule has 2 fully saturated rings. The zero-order chi connectivity index (χ0) is 13.7. The minimum Gasteiger partial charge on any atom is -0.380 e. The van der Waals surface area contributed by atoms with Gasteiger partial charge in [0, 0.05) is 32.0 Å². The lowest BCUT2D eigenvalue weighted by atomic mass is 9.89. The summed E-state index contributed by atoms with van der Waals surface area (Å²) in [6.07, 6.45) is 4.41. The molecule has 1 aliphatic carbocycles. The lowest BCUT2D eigenvalue weighted by molar-refractivity contribution is -0.183. The van der Waals surface area contributed by atoms with E-state index in [2.05, 4.69) is 25.8 Å². The van der Waals surface area contributed by atoms with E-state index in [9.17, 15) is 0 Å². The van der Waals surface area contributed by atoms with E-state index in [1.807, 2.05) is 0 Å². The van der Waals surface area contributed by atoms with E-state index in [1.165, 1.54) is 12.8 Å². The third-order valence-electron chi connectivity index (χ3n) is 4.19. The first-order valence-corrected chi connectivity index (χ1v) is 7.67. The van der Waals surface area contributed by atoms with Crippen LogP contribution in [-0.4, -0.2) is 56.7 Å². The zero-order valence-electron chi connectivity index (χ0n) is 12.7. The number of rotatable bonds is 6. The van der Waals surface area contributed by atoms with Gasteiger partial charge in [-0.1, -0.05) is 13.8 Å². The van der Waals surface area contributed by atoms with E-state index in [4.69, 9.17) is 14.2 Å². The monoisotopic (exact) mass is 271 g/mol. The van der Waals surface area contributed by atoms with Gasteiger partial charge < -0.3 is 19.1 Å². The maximum Gasteiger partial charge on any atom is 0.168 e. The van der Waals surface area contributed by atoms with Gasteiger partial charge in [-0.25, -0.2) is 0 Å². The van der Waals surface area contributed by atoms with Crippen LogP contribution in [0.4, 0.5) is 0 Å². The first-order chi connectivity index (χ1) is 9.11. The smallest absolute Gasteiger partial charge is 0.168 e. The van der Waals surface area contributed by atoms with Gasteiger partial charge in [-0.3, -0.25) is 0 Å². The number of hydrogen-bond acceptors (Lipinski definition) is 4. The molecule has 0 radical (unpaired) electrons. The lowest BCUT2D eigenvalue weighted by Gasteiger charge is -2.39. The van der Waals surface area contributed by atoms with Crippen LogP contribution in [0.25, 0.3) is 0 Å². The number of nitrogens with zero attached hydrogens (tertiary/aromatic N) is 1. The second-order valence-electron chi connectivity index (χ2n) is 6.29. The van der Waals surface area contributed by atoms with Gasteiger partial charge in [-0.05, 0) is 25.8 Å². The largest absolute Gasteiger partial charge is 0.380 e. The Kier molecular flexibility index (Phi) is 5.63. The minimum absolute atomic E-state index is 0.231. The van der Waals surface area contributed by atoms with Crippen LogP contribution in [0.15, 0.2) is 0 Å². The van der Waals surface area contributed by atoms with Crippen molar-refractivity contribution in [2.45, 2.75) is 51.4 Å². The number of hydrogen-bond donors (Lipinski definition) is 0. The van der Waals surface area contributed by atoms with Crippen molar-refractivity contribution in [1.29, 1.82) is 0 Å². The van der Waals surface area contributed by atoms with Crippen LogP contribution in [0.3, 0.4) is 0 Å². The Balaban J connectivity index is 1.63. The maximum absolute atomic E-state index is 5.77. The standard InChI is InChI=1S/C15H29NO3/c1-13(2)12-17-9-8-16(3)14-4-6-15(7-5-14)18-10-11-19-15/h13-14H,4-12H2,1-3H3. The molecular formula is C15H29NO3.